The van der Waals surface area contributed by atoms with Gasteiger partial charge < -0.3 is 5.73 Å². The fraction of sp³-hybridized carbons (Fsp3) is 0.571. The average molecular weight is 272 g/mol. The highest BCUT2D eigenvalue weighted by molar-refractivity contribution is 6.42. The van der Waals surface area contributed by atoms with Crippen LogP contribution in [0.15, 0.2) is 18.2 Å². The molecule has 0 radical (unpaired) electrons. The van der Waals surface area contributed by atoms with Crippen LogP contribution in [0.25, 0.3) is 0 Å². The molecular weight excluding hydrogens is 253 g/mol. The Labute approximate surface area is 113 Å². The second-order valence-electron chi connectivity index (χ2n) is 5.43. The Balaban J connectivity index is 2.45. The van der Waals surface area contributed by atoms with Crippen LogP contribution in [0.4, 0.5) is 0 Å². The van der Waals surface area contributed by atoms with E-state index in [1.54, 1.807) is 0 Å². The lowest BCUT2D eigenvalue weighted by Crippen LogP contribution is -2.47. The number of nitrogens with two attached hydrogens (primary N) is 1. The van der Waals surface area contributed by atoms with Crippen LogP contribution in [0.1, 0.15) is 38.7 Å². The van der Waals surface area contributed by atoms with Crippen LogP contribution in [0.2, 0.25) is 10.0 Å². The van der Waals surface area contributed by atoms with Crippen LogP contribution < -0.4 is 5.73 Å². The first kappa shape index (κ1) is 13.2. The molecule has 1 fully saturated rings. The fourth-order valence-corrected chi connectivity index (χ4v) is 3.39. The van der Waals surface area contributed by atoms with E-state index in [4.69, 9.17) is 28.9 Å². The largest absolute Gasteiger partial charge is 0.321 e. The van der Waals surface area contributed by atoms with Gasteiger partial charge in [-0.15, -0.1) is 0 Å². The molecule has 1 aliphatic rings. The van der Waals surface area contributed by atoms with Gasteiger partial charge in [0.2, 0.25) is 0 Å². The molecule has 0 saturated heterocycles. The average Bonchev–Trinajstić information content (AvgIpc) is 2.28. The predicted molar refractivity (Wildman–Crippen MR) is 74.5 cm³/mol. The summed E-state index contributed by atoms with van der Waals surface area (Å²) < 4.78 is 0. The van der Waals surface area contributed by atoms with E-state index in [0.29, 0.717) is 21.9 Å². The van der Waals surface area contributed by atoms with Crippen molar-refractivity contribution in [3.8, 4) is 0 Å². The molecule has 17 heavy (non-hydrogen) atoms. The first-order valence-electron chi connectivity index (χ1n) is 6.18. The Kier molecular flexibility index (Phi) is 3.72. The van der Waals surface area contributed by atoms with Gasteiger partial charge >= 0.3 is 0 Å². The van der Waals surface area contributed by atoms with Crippen molar-refractivity contribution < 1.29 is 0 Å². The summed E-state index contributed by atoms with van der Waals surface area (Å²) in [6.45, 7) is 4.47. The van der Waals surface area contributed by atoms with Gasteiger partial charge in [0.05, 0.1) is 10.0 Å². The third-order valence-electron chi connectivity index (χ3n) is 4.11. The maximum atomic E-state index is 6.64. The molecular formula is C14H19Cl2N. The monoisotopic (exact) mass is 271 g/mol. The Morgan fingerprint density at radius 1 is 1.24 bits per heavy atom. The van der Waals surface area contributed by atoms with Crippen LogP contribution in [-0.4, -0.2) is 0 Å². The molecule has 0 heterocycles. The van der Waals surface area contributed by atoms with E-state index in [2.05, 4.69) is 13.8 Å². The molecule has 3 atom stereocenters. The van der Waals surface area contributed by atoms with Crippen molar-refractivity contribution in [1.82, 2.24) is 0 Å². The van der Waals surface area contributed by atoms with Crippen molar-refractivity contribution in [2.24, 2.45) is 17.6 Å². The highest BCUT2D eigenvalue weighted by Gasteiger charge is 2.40. The zero-order chi connectivity index (χ0) is 12.6. The molecule has 1 aliphatic carbocycles. The molecule has 2 N–H and O–H groups in total. The molecule has 94 valence electrons. The standard InChI is InChI=1S/C14H19Cl2N/c1-9-6-7-10(2)14(17,8-9)11-4-3-5-12(15)13(11)16/h3-5,9-10H,6-8,17H2,1-2H3. The fourth-order valence-electron chi connectivity index (χ4n) is 2.91. The van der Waals surface area contributed by atoms with Gasteiger partial charge in [-0.05, 0) is 36.3 Å². The highest BCUT2D eigenvalue weighted by atomic mass is 35.5. The minimum atomic E-state index is -0.334. The smallest absolute Gasteiger partial charge is 0.0642 e. The van der Waals surface area contributed by atoms with Crippen LogP contribution >= 0.6 is 23.2 Å². The topological polar surface area (TPSA) is 26.0 Å². The van der Waals surface area contributed by atoms with E-state index in [0.717, 1.165) is 18.4 Å². The number of benzene rings is 1. The number of hydrogen-bond donors (Lipinski definition) is 1. The Morgan fingerprint density at radius 3 is 2.65 bits per heavy atom. The van der Waals surface area contributed by atoms with E-state index in [1.165, 1.54) is 6.42 Å². The Morgan fingerprint density at radius 2 is 1.94 bits per heavy atom. The summed E-state index contributed by atoms with van der Waals surface area (Å²) in [6.07, 6.45) is 3.38. The van der Waals surface area contributed by atoms with Crippen LogP contribution in [-0.2, 0) is 5.54 Å². The number of rotatable bonds is 1. The van der Waals surface area contributed by atoms with Crippen LogP contribution in [0.3, 0.4) is 0 Å². The molecule has 3 heteroatoms. The summed E-state index contributed by atoms with van der Waals surface area (Å²) >= 11 is 12.4. The van der Waals surface area contributed by atoms with Gasteiger partial charge in [0, 0.05) is 5.54 Å². The second-order valence-corrected chi connectivity index (χ2v) is 6.21. The van der Waals surface area contributed by atoms with Gasteiger partial charge in [0.25, 0.3) is 0 Å². The molecule has 0 bridgehead atoms. The van der Waals surface area contributed by atoms with Crippen LogP contribution in [0, 0.1) is 11.8 Å². The van der Waals surface area contributed by atoms with E-state index in [1.807, 2.05) is 18.2 Å². The van der Waals surface area contributed by atoms with Gasteiger partial charge in [0.15, 0.2) is 0 Å². The highest BCUT2D eigenvalue weighted by Crippen LogP contribution is 2.45. The summed E-state index contributed by atoms with van der Waals surface area (Å²) in [5.74, 6) is 1.08. The third-order valence-corrected chi connectivity index (χ3v) is 4.93. The summed E-state index contributed by atoms with van der Waals surface area (Å²) in [4.78, 5) is 0. The van der Waals surface area contributed by atoms with Gasteiger partial charge in [0.1, 0.15) is 0 Å². The predicted octanol–water partition coefficient (Wildman–Crippen LogP) is 4.60. The lowest BCUT2D eigenvalue weighted by atomic mass is 9.67. The summed E-state index contributed by atoms with van der Waals surface area (Å²) in [5.41, 5.74) is 7.31. The lowest BCUT2D eigenvalue weighted by molar-refractivity contribution is 0.162. The molecule has 0 amide bonds. The summed E-state index contributed by atoms with van der Waals surface area (Å²) in [6, 6.07) is 5.76. The quantitative estimate of drug-likeness (QED) is 0.794. The minimum Gasteiger partial charge on any atom is -0.321 e. The molecule has 1 saturated carbocycles. The molecule has 2 rings (SSSR count). The molecule has 1 nitrogen and oxygen atoms in total. The van der Waals surface area contributed by atoms with Gasteiger partial charge in [-0.3, -0.25) is 0 Å². The first-order valence-corrected chi connectivity index (χ1v) is 6.94. The van der Waals surface area contributed by atoms with Crippen molar-refractivity contribution in [2.45, 2.75) is 38.6 Å². The molecule has 0 aromatic heterocycles. The van der Waals surface area contributed by atoms with Crippen molar-refractivity contribution in [2.75, 3.05) is 0 Å². The molecule has 1 aromatic rings. The zero-order valence-corrected chi connectivity index (χ0v) is 11.9. The SMILES string of the molecule is CC1CCC(C)C(N)(c2cccc(Cl)c2Cl)C1. The zero-order valence-electron chi connectivity index (χ0n) is 10.3. The van der Waals surface area contributed by atoms with E-state index in [-0.39, 0.29) is 5.54 Å². The summed E-state index contributed by atoms with van der Waals surface area (Å²) in [5, 5.41) is 1.22. The molecule has 1 aromatic carbocycles. The maximum Gasteiger partial charge on any atom is 0.0642 e. The third kappa shape index (κ3) is 2.33. The molecule has 3 unspecified atom stereocenters. The van der Waals surface area contributed by atoms with E-state index < -0.39 is 0 Å². The van der Waals surface area contributed by atoms with Crippen molar-refractivity contribution >= 4 is 23.2 Å². The Bertz CT molecular complexity index is 419. The van der Waals surface area contributed by atoms with Crippen LogP contribution in [0.5, 0.6) is 0 Å². The summed E-state index contributed by atoms with van der Waals surface area (Å²) in [7, 11) is 0. The van der Waals surface area contributed by atoms with E-state index >= 15 is 0 Å². The second kappa shape index (κ2) is 4.79. The van der Waals surface area contributed by atoms with Crippen molar-refractivity contribution in [3.63, 3.8) is 0 Å². The first-order chi connectivity index (χ1) is 7.95. The Hall–Kier alpha value is -0.240. The maximum absolute atomic E-state index is 6.64. The van der Waals surface area contributed by atoms with Crippen molar-refractivity contribution in [1.29, 1.82) is 0 Å². The van der Waals surface area contributed by atoms with Gasteiger partial charge in [-0.2, -0.15) is 0 Å². The normalized spacial score (nSPS) is 33.7. The lowest BCUT2D eigenvalue weighted by Gasteiger charge is -2.43. The number of halogens is 2. The molecule has 0 spiro atoms. The van der Waals surface area contributed by atoms with Gasteiger partial charge in [-0.1, -0.05) is 55.6 Å². The number of hydrogen-bond acceptors (Lipinski definition) is 1. The molecule has 0 aliphatic heterocycles. The minimum absolute atomic E-state index is 0.334. The van der Waals surface area contributed by atoms with E-state index in [9.17, 15) is 0 Å². The van der Waals surface area contributed by atoms with Crippen molar-refractivity contribution in [3.05, 3.63) is 33.8 Å². The van der Waals surface area contributed by atoms with Gasteiger partial charge in [-0.25, -0.2) is 0 Å².